The molecule has 2 rings (SSSR count). The van der Waals surface area contributed by atoms with E-state index in [9.17, 15) is 0 Å². The van der Waals surface area contributed by atoms with Gasteiger partial charge in [-0.1, -0.05) is 26.8 Å². The summed E-state index contributed by atoms with van der Waals surface area (Å²) in [6.45, 7) is 13.7. The molecule has 0 aliphatic carbocycles. The lowest BCUT2D eigenvalue weighted by molar-refractivity contribution is 0.160. The minimum atomic E-state index is -1.67. The van der Waals surface area contributed by atoms with E-state index in [1.807, 2.05) is 12.3 Å². The van der Waals surface area contributed by atoms with Crippen molar-refractivity contribution >= 4 is 14.1 Å². The predicted molar refractivity (Wildman–Crippen MR) is 87.8 cm³/mol. The second-order valence-corrected chi connectivity index (χ2v) is 12.0. The summed E-state index contributed by atoms with van der Waals surface area (Å²) in [5, 5.41) is 0.278. The summed E-state index contributed by atoms with van der Waals surface area (Å²) in [4.78, 5) is 6.83. The lowest BCUT2D eigenvalue weighted by Crippen LogP contribution is -2.49. The zero-order chi connectivity index (χ0) is 14.8. The van der Waals surface area contributed by atoms with Crippen LogP contribution in [-0.2, 0) is 4.43 Å². The molecule has 3 nitrogen and oxygen atoms in total. The van der Waals surface area contributed by atoms with Gasteiger partial charge in [-0.05, 0) is 43.1 Å². The molecule has 1 fully saturated rings. The largest absolute Gasteiger partial charge is 0.412 e. The number of nitrogens with zero attached hydrogens (tertiary/aromatic N) is 2. The van der Waals surface area contributed by atoms with Crippen molar-refractivity contribution in [2.45, 2.75) is 57.8 Å². The third-order valence-electron chi connectivity index (χ3n) is 4.62. The quantitative estimate of drug-likeness (QED) is 0.785. The monoisotopic (exact) mass is 292 g/mol. The molecule has 0 aromatic carbocycles. The van der Waals surface area contributed by atoms with Gasteiger partial charge >= 0.3 is 0 Å². The molecule has 1 aliphatic heterocycles. The number of hydrogen-bond acceptors (Lipinski definition) is 3. The minimum Gasteiger partial charge on any atom is -0.412 e. The lowest BCUT2D eigenvalue weighted by Gasteiger charge is -2.42. The van der Waals surface area contributed by atoms with Crippen LogP contribution >= 0.6 is 0 Å². The first-order valence-electron chi connectivity index (χ1n) is 7.63. The van der Waals surface area contributed by atoms with Gasteiger partial charge in [-0.2, -0.15) is 0 Å². The van der Waals surface area contributed by atoms with Crippen molar-refractivity contribution in [1.82, 2.24) is 4.98 Å². The second-order valence-electron chi connectivity index (χ2n) is 7.28. The molecule has 0 radical (unpaired) electrons. The highest BCUT2D eigenvalue weighted by atomic mass is 28.4. The van der Waals surface area contributed by atoms with Crippen LogP contribution in [0.3, 0.4) is 0 Å². The Hall–Kier alpha value is -0.873. The normalized spacial score (nSPS) is 21.1. The summed E-state index contributed by atoms with van der Waals surface area (Å²) in [7, 11) is -1.67. The van der Waals surface area contributed by atoms with Gasteiger partial charge in [-0.15, -0.1) is 0 Å². The molecule has 2 heterocycles. The maximum absolute atomic E-state index is 6.56. The third kappa shape index (κ3) is 3.61. The summed E-state index contributed by atoms with van der Waals surface area (Å²) in [6.07, 6.45) is 4.59. The van der Waals surface area contributed by atoms with Crippen LogP contribution in [0, 0.1) is 0 Å². The molecule has 1 atom stereocenters. The van der Waals surface area contributed by atoms with E-state index in [2.05, 4.69) is 55.9 Å². The summed E-state index contributed by atoms with van der Waals surface area (Å²) < 4.78 is 6.56. The Labute approximate surface area is 124 Å². The Bertz CT molecular complexity index is 428. The molecular weight excluding hydrogens is 264 g/mol. The Balaban J connectivity index is 2.01. The van der Waals surface area contributed by atoms with Crippen molar-refractivity contribution in [3.8, 4) is 0 Å². The Morgan fingerprint density at radius 2 is 2.05 bits per heavy atom. The van der Waals surface area contributed by atoms with Crippen molar-refractivity contribution in [3.05, 3.63) is 24.4 Å². The summed E-state index contributed by atoms with van der Waals surface area (Å²) in [6, 6.07) is 6.12. The number of pyridine rings is 1. The Morgan fingerprint density at radius 1 is 1.30 bits per heavy atom. The van der Waals surface area contributed by atoms with Gasteiger partial charge < -0.3 is 9.33 Å². The van der Waals surface area contributed by atoms with Crippen LogP contribution in [0.15, 0.2) is 24.4 Å². The van der Waals surface area contributed by atoms with Gasteiger partial charge in [0.05, 0.1) is 6.10 Å². The average molecular weight is 292 g/mol. The van der Waals surface area contributed by atoms with E-state index in [1.54, 1.807) is 0 Å². The van der Waals surface area contributed by atoms with Crippen LogP contribution in [0.25, 0.3) is 0 Å². The first-order chi connectivity index (χ1) is 9.29. The molecule has 112 valence electrons. The number of aromatic nitrogens is 1. The molecule has 4 heteroatoms. The molecule has 0 N–H and O–H groups in total. The second kappa shape index (κ2) is 5.86. The fourth-order valence-corrected chi connectivity index (χ4v) is 3.76. The van der Waals surface area contributed by atoms with Gasteiger partial charge in [0.25, 0.3) is 0 Å². The fourth-order valence-electron chi connectivity index (χ4n) is 2.38. The molecule has 1 aliphatic rings. The van der Waals surface area contributed by atoms with Gasteiger partial charge in [0, 0.05) is 19.3 Å². The molecule has 1 aromatic heterocycles. The van der Waals surface area contributed by atoms with Crippen LogP contribution in [0.4, 0.5) is 5.82 Å². The van der Waals surface area contributed by atoms with E-state index in [0.717, 1.165) is 18.9 Å². The summed E-state index contributed by atoms with van der Waals surface area (Å²) in [5.74, 6) is 1.08. The number of hydrogen-bond donors (Lipinski definition) is 0. The highest BCUT2D eigenvalue weighted by Gasteiger charge is 2.39. The predicted octanol–water partition coefficient (Wildman–Crippen LogP) is 4.07. The maximum atomic E-state index is 6.56. The number of piperidine rings is 1. The topological polar surface area (TPSA) is 25.4 Å². The zero-order valence-electron chi connectivity index (χ0n) is 13.5. The van der Waals surface area contributed by atoms with Gasteiger partial charge in [0.2, 0.25) is 0 Å². The van der Waals surface area contributed by atoms with E-state index in [-0.39, 0.29) is 5.04 Å². The molecule has 0 spiro atoms. The Kier molecular flexibility index (Phi) is 4.54. The first-order valence-corrected chi connectivity index (χ1v) is 10.5. The standard InChI is InChI=1S/C16H28N2OSi/c1-16(2,3)20(4,5)19-14-9-8-12-18(13-14)15-10-6-7-11-17-15/h6-7,10-11,14H,8-9,12-13H2,1-5H3/t14-/m0/s1. The maximum Gasteiger partial charge on any atom is 0.192 e. The van der Waals surface area contributed by atoms with Gasteiger partial charge in [-0.3, -0.25) is 0 Å². The van der Waals surface area contributed by atoms with Crippen LogP contribution in [-0.4, -0.2) is 32.5 Å². The lowest BCUT2D eigenvalue weighted by atomic mass is 10.1. The highest BCUT2D eigenvalue weighted by molar-refractivity contribution is 6.74. The molecule has 1 saturated heterocycles. The van der Waals surface area contributed by atoms with Crippen molar-refractivity contribution in [2.75, 3.05) is 18.0 Å². The van der Waals surface area contributed by atoms with E-state index in [1.165, 1.54) is 12.8 Å². The zero-order valence-corrected chi connectivity index (χ0v) is 14.5. The molecule has 0 amide bonds. The molecule has 0 saturated carbocycles. The number of rotatable bonds is 3. The van der Waals surface area contributed by atoms with Crippen molar-refractivity contribution < 1.29 is 4.43 Å². The third-order valence-corrected chi connectivity index (χ3v) is 9.15. The van der Waals surface area contributed by atoms with E-state index in [4.69, 9.17) is 4.43 Å². The average Bonchev–Trinajstić information content (AvgIpc) is 2.38. The highest BCUT2D eigenvalue weighted by Crippen LogP contribution is 2.38. The minimum absolute atomic E-state index is 0.278. The molecule has 20 heavy (non-hydrogen) atoms. The van der Waals surface area contributed by atoms with Gasteiger partial charge in [0.1, 0.15) is 5.82 Å². The van der Waals surface area contributed by atoms with Gasteiger partial charge in [0.15, 0.2) is 8.32 Å². The molecule has 0 bridgehead atoms. The van der Waals surface area contributed by atoms with Crippen LogP contribution < -0.4 is 4.90 Å². The SMILES string of the molecule is CC(C)(C)[Si](C)(C)O[C@H]1CCCN(c2ccccn2)C1. The molecule has 1 aromatic rings. The smallest absolute Gasteiger partial charge is 0.192 e. The molecular formula is C16H28N2OSi. The van der Waals surface area contributed by atoms with Crippen LogP contribution in [0.2, 0.25) is 18.1 Å². The summed E-state index contributed by atoms with van der Waals surface area (Å²) >= 11 is 0. The van der Waals surface area contributed by atoms with Crippen molar-refractivity contribution in [1.29, 1.82) is 0 Å². The summed E-state index contributed by atoms with van der Waals surface area (Å²) in [5.41, 5.74) is 0. The number of anilines is 1. The van der Waals surface area contributed by atoms with Crippen LogP contribution in [0.5, 0.6) is 0 Å². The fraction of sp³-hybridized carbons (Fsp3) is 0.688. The van der Waals surface area contributed by atoms with Crippen molar-refractivity contribution in [2.24, 2.45) is 0 Å². The Morgan fingerprint density at radius 3 is 2.65 bits per heavy atom. The van der Waals surface area contributed by atoms with E-state index < -0.39 is 8.32 Å². The molecule has 0 unspecified atom stereocenters. The van der Waals surface area contributed by atoms with Crippen LogP contribution in [0.1, 0.15) is 33.6 Å². The van der Waals surface area contributed by atoms with Crippen molar-refractivity contribution in [3.63, 3.8) is 0 Å². The van der Waals surface area contributed by atoms with E-state index in [0.29, 0.717) is 6.10 Å². The van der Waals surface area contributed by atoms with Gasteiger partial charge in [-0.25, -0.2) is 4.98 Å². The van der Waals surface area contributed by atoms with E-state index >= 15 is 0 Å². The first kappa shape index (κ1) is 15.5.